The predicted molar refractivity (Wildman–Crippen MR) is 56.7 cm³/mol. The molecule has 0 saturated carbocycles. The Morgan fingerprint density at radius 2 is 2.25 bits per heavy atom. The fraction of sp³-hybridized carbons (Fsp3) is 0.800. The van der Waals surface area contributed by atoms with Gasteiger partial charge in [0.1, 0.15) is 11.8 Å². The van der Waals surface area contributed by atoms with Crippen LogP contribution in [0.4, 0.5) is 4.79 Å². The van der Waals surface area contributed by atoms with Gasteiger partial charge in [-0.1, -0.05) is 6.92 Å². The van der Waals surface area contributed by atoms with E-state index in [1.165, 1.54) is 0 Å². The second kappa shape index (κ2) is 4.69. The molecular formula is C10H18N2O4. The molecule has 1 rings (SSSR count). The molecule has 1 fully saturated rings. The van der Waals surface area contributed by atoms with Crippen LogP contribution in [0.25, 0.3) is 0 Å². The highest BCUT2D eigenvalue weighted by atomic mass is 16.6. The second-order valence-corrected chi connectivity index (χ2v) is 4.03. The largest absolute Gasteiger partial charge is 0.465 e. The van der Waals surface area contributed by atoms with Crippen molar-refractivity contribution in [3.05, 3.63) is 0 Å². The van der Waals surface area contributed by atoms with Crippen LogP contribution in [0.15, 0.2) is 0 Å². The van der Waals surface area contributed by atoms with Crippen LogP contribution in [0.2, 0.25) is 0 Å². The van der Waals surface area contributed by atoms with Gasteiger partial charge in [0, 0.05) is 6.54 Å². The molecule has 2 unspecified atom stereocenters. The van der Waals surface area contributed by atoms with Crippen molar-refractivity contribution in [2.45, 2.75) is 44.9 Å². The predicted octanol–water partition coefficient (Wildman–Crippen LogP) is 0.757. The Bertz CT molecular complexity index is 293. The van der Waals surface area contributed by atoms with E-state index in [1.54, 1.807) is 13.8 Å². The number of nitrogens with zero attached hydrogens (tertiary/aromatic N) is 1. The van der Waals surface area contributed by atoms with E-state index in [0.717, 1.165) is 4.90 Å². The molecule has 6 nitrogen and oxygen atoms in total. The molecule has 1 saturated heterocycles. The average Bonchev–Trinajstić information content (AvgIpc) is 2.61. The molecule has 0 aliphatic carbocycles. The maximum Gasteiger partial charge on any atom is 0.408 e. The van der Waals surface area contributed by atoms with E-state index in [9.17, 15) is 9.59 Å². The standard InChI is InChI=1S/C10H18N2O4/c1-3-10(8(13)16-7(2)11)5-4-6-12(10)9(14)15/h7H,3-6,11H2,1-2H3,(H,14,15). The Morgan fingerprint density at radius 3 is 2.69 bits per heavy atom. The number of carbonyl (C=O) groups is 2. The molecule has 0 aromatic carbocycles. The molecular weight excluding hydrogens is 212 g/mol. The smallest absolute Gasteiger partial charge is 0.408 e. The van der Waals surface area contributed by atoms with E-state index in [1.807, 2.05) is 0 Å². The van der Waals surface area contributed by atoms with Crippen LogP contribution >= 0.6 is 0 Å². The number of amides is 1. The summed E-state index contributed by atoms with van der Waals surface area (Å²) in [5.74, 6) is -0.537. The fourth-order valence-electron chi connectivity index (χ4n) is 2.16. The van der Waals surface area contributed by atoms with Crippen molar-refractivity contribution in [3.63, 3.8) is 0 Å². The quantitative estimate of drug-likeness (QED) is 0.551. The van der Waals surface area contributed by atoms with Crippen LogP contribution in [0, 0.1) is 0 Å². The van der Waals surface area contributed by atoms with Crippen LogP contribution in [-0.2, 0) is 9.53 Å². The molecule has 1 aliphatic heterocycles. The SMILES string of the molecule is CCC1(C(=O)OC(C)N)CCCN1C(=O)O. The van der Waals surface area contributed by atoms with Gasteiger partial charge in [-0.2, -0.15) is 0 Å². The first-order valence-electron chi connectivity index (χ1n) is 5.41. The lowest BCUT2D eigenvalue weighted by molar-refractivity contribution is -0.160. The number of ether oxygens (including phenoxy) is 1. The van der Waals surface area contributed by atoms with E-state index < -0.39 is 23.8 Å². The minimum Gasteiger partial charge on any atom is -0.465 e. The second-order valence-electron chi connectivity index (χ2n) is 4.03. The highest BCUT2D eigenvalue weighted by Gasteiger charge is 2.50. The number of hydrogen-bond donors (Lipinski definition) is 2. The zero-order valence-corrected chi connectivity index (χ0v) is 9.60. The molecule has 1 amide bonds. The molecule has 0 bridgehead atoms. The Morgan fingerprint density at radius 1 is 1.62 bits per heavy atom. The lowest BCUT2D eigenvalue weighted by Crippen LogP contribution is -2.54. The minimum atomic E-state index is -1.08. The summed E-state index contributed by atoms with van der Waals surface area (Å²) in [6, 6.07) is 0. The fourth-order valence-corrected chi connectivity index (χ4v) is 2.16. The van der Waals surface area contributed by atoms with Gasteiger partial charge < -0.3 is 9.84 Å². The summed E-state index contributed by atoms with van der Waals surface area (Å²) in [5.41, 5.74) is 4.34. The first kappa shape index (κ1) is 12.8. The van der Waals surface area contributed by atoms with Gasteiger partial charge >= 0.3 is 12.1 Å². The van der Waals surface area contributed by atoms with E-state index in [4.69, 9.17) is 15.6 Å². The van der Waals surface area contributed by atoms with Crippen LogP contribution in [0.5, 0.6) is 0 Å². The van der Waals surface area contributed by atoms with Crippen molar-refractivity contribution in [1.29, 1.82) is 0 Å². The first-order chi connectivity index (χ1) is 7.44. The average molecular weight is 230 g/mol. The topological polar surface area (TPSA) is 92.9 Å². The minimum absolute atomic E-state index is 0.372. The molecule has 16 heavy (non-hydrogen) atoms. The van der Waals surface area contributed by atoms with Gasteiger partial charge in [-0.3, -0.25) is 10.6 Å². The lowest BCUT2D eigenvalue weighted by atomic mass is 9.93. The Balaban J connectivity index is 2.91. The van der Waals surface area contributed by atoms with Crippen LogP contribution in [0.1, 0.15) is 33.1 Å². The van der Waals surface area contributed by atoms with Crippen molar-refractivity contribution < 1.29 is 19.4 Å². The maximum absolute atomic E-state index is 11.9. The summed E-state index contributed by atoms with van der Waals surface area (Å²) in [6.45, 7) is 3.70. The number of rotatable bonds is 3. The van der Waals surface area contributed by atoms with Gasteiger partial charge in [0.05, 0.1) is 0 Å². The monoisotopic (exact) mass is 230 g/mol. The van der Waals surface area contributed by atoms with Crippen molar-refractivity contribution >= 4 is 12.1 Å². The normalized spacial score (nSPS) is 26.6. The Labute approximate surface area is 94.3 Å². The van der Waals surface area contributed by atoms with Crippen molar-refractivity contribution in [2.24, 2.45) is 5.73 Å². The van der Waals surface area contributed by atoms with E-state index in [-0.39, 0.29) is 0 Å². The van der Waals surface area contributed by atoms with Gasteiger partial charge in [0.25, 0.3) is 0 Å². The number of carboxylic acid groups (broad SMARTS) is 1. The summed E-state index contributed by atoms with van der Waals surface area (Å²) in [5, 5.41) is 9.05. The molecule has 6 heteroatoms. The van der Waals surface area contributed by atoms with Crippen molar-refractivity contribution in [1.82, 2.24) is 4.90 Å². The van der Waals surface area contributed by atoms with E-state index >= 15 is 0 Å². The molecule has 0 spiro atoms. The Kier molecular flexibility index (Phi) is 3.74. The van der Waals surface area contributed by atoms with Crippen LogP contribution < -0.4 is 5.73 Å². The lowest BCUT2D eigenvalue weighted by Gasteiger charge is -2.33. The molecule has 0 aromatic rings. The summed E-state index contributed by atoms with van der Waals surface area (Å²) in [7, 11) is 0. The van der Waals surface area contributed by atoms with Gasteiger partial charge in [0.15, 0.2) is 0 Å². The summed E-state index contributed by atoms with van der Waals surface area (Å²) in [4.78, 5) is 24.1. The molecule has 2 atom stereocenters. The number of carbonyl (C=O) groups excluding carboxylic acids is 1. The third-order valence-corrected chi connectivity index (χ3v) is 2.98. The molecule has 92 valence electrons. The molecule has 1 aliphatic rings. The molecule has 0 radical (unpaired) electrons. The third-order valence-electron chi connectivity index (χ3n) is 2.98. The summed E-state index contributed by atoms with van der Waals surface area (Å²) < 4.78 is 4.94. The zero-order valence-electron chi connectivity index (χ0n) is 9.60. The molecule has 0 aromatic heterocycles. The number of hydrogen-bond acceptors (Lipinski definition) is 4. The van der Waals surface area contributed by atoms with E-state index in [0.29, 0.717) is 25.8 Å². The van der Waals surface area contributed by atoms with Crippen molar-refractivity contribution in [3.8, 4) is 0 Å². The maximum atomic E-state index is 11.9. The summed E-state index contributed by atoms with van der Waals surface area (Å²) >= 11 is 0. The van der Waals surface area contributed by atoms with Gasteiger partial charge in [-0.25, -0.2) is 9.59 Å². The van der Waals surface area contributed by atoms with Crippen molar-refractivity contribution in [2.75, 3.05) is 6.54 Å². The molecule has 3 N–H and O–H groups in total. The highest BCUT2D eigenvalue weighted by Crippen LogP contribution is 2.33. The number of nitrogens with two attached hydrogens (primary N) is 1. The van der Waals surface area contributed by atoms with E-state index in [2.05, 4.69) is 0 Å². The van der Waals surface area contributed by atoms with Gasteiger partial charge in [-0.15, -0.1) is 0 Å². The molecule has 1 heterocycles. The van der Waals surface area contributed by atoms with Gasteiger partial charge in [-0.05, 0) is 26.2 Å². The number of likely N-dealkylation sites (tertiary alicyclic amines) is 1. The third kappa shape index (κ3) is 2.11. The van der Waals surface area contributed by atoms with Gasteiger partial charge in [0.2, 0.25) is 0 Å². The van der Waals surface area contributed by atoms with Crippen LogP contribution in [-0.4, -0.2) is 40.4 Å². The van der Waals surface area contributed by atoms with Crippen LogP contribution in [0.3, 0.4) is 0 Å². The summed E-state index contributed by atoms with van der Waals surface area (Å²) in [6.07, 6.45) is -0.214. The number of esters is 1. The first-order valence-corrected chi connectivity index (χ1v) is 5.41. The Hall–Kier alpha value is -1.30. The highest BCUT2D eigenvalue weighted by molar-refractivity contribution is 5.86. The zero-order chi connectivity index (χ0) is 12.3.